The van der Waals surface area contributed by atoms with E-state index in [0.717, 1.165) is 11.1 Å². The number of thioether (sulfide) groups is 1. The molecular formula is C22H22ClNO3S2. The van der Waals surface area contributed by atoms with E-state index in [4.69, 9.17) is 33.3 Å². The molecule has 29 heavy (non-hydrogen) atoms. The Morgan fingerprint density at radius 2 is 2.00 bits per heavy atom. The molecule has 1 saturated heterocycles. The largest absolute Gasteiger partial charge is 0.490 e. The Bertz CT molecular complexity index is 975. The number of carbonyl (C=O) groups is 1. The van der Waals surface area contributed by atoms with E-state index in [9.17, 15) is 4.79 Å². The average molecular weight is 448 g/mol. The van der Waals surface area contributed by atoms with Gasteiger partial charge in [-0.3, -0.25) is 9.69 Å². The van der Waals surface area contributed by atoms with Crippen molar-refractivity contribution in [3.63, 3.8) is 0 Å². The lowest BCUT2D eigenvalue weighted by Crippen LogP contribution is -2.27. The molecule has 1 fully saturated rings. The second-order valence-electron chi connectivity index (χ2n) is 6.47. The van der Waals surface area contributed by atoms with Gasteiger partial charge in [0.1, 0.15) is 10.9 Å². The summed E-state index contributed by atoms with van der Waals surface area (Å²) in [5.41, 5.74) is 2.98. The predicted octanol–water partition coefficient (Wildman–Crippen LogP) is 5.85. The van der Waals surface area contributed by atoms with Crippen molar-refractivity contribution < 1.29 is 14.3 Å². The van der Waals surface area contributed by atoms with Crippen molar-refractivity contribution in [2.45, 2.75) is 27.4 Å². The molecule has 0 radical (unpaired) electrons. The van der Waals surface area contributed by atoms with E-state index in [1.807, 2.05) is 45.0 Å². The molecular weight excluding hydrogens is 426 g/mol. The zero-order valence-corrected chi connectivity index (χ0v) is 18.9. The number of nitrogens with zero attached hydrogens (tertiary/aromatic N) is 1. The van der Waals surface area contributed by atoms with Crippen molar-refractivity contribution in [1.82, 2.24) is 4.90 Å². The van der Waals surface area contributed by atoms with Crippen LogP contribution in [0.4, 0.5) is 0 Å². The van der Waals surface area contributed by atoms with Crippen LogP contribution in [0.1, 0.15) is 30.5 Å². The topological polar surface area (TPSA) is 38.8 Å². The van der Waals surface area contributed by atoms with Crippen LogP contribution in [0, 0.1) is 6.92 Å². The van der Waals surface area contributed by atoms with Crippen molar-refractivity contribution in [3.8, 4) is 11.5 Å². The number of ether oxygens (including phenoxy) is 2. The fraction of sp³-hybridized carbons (Fsp3) is 0.273. The number of hydrogen-bond acceptors (Lipinski definition) is 5. The van der Waals surface area contributed by atoms with Gasteiger partial charge in [-0.2, -0.15) is 0 Å². The highest BCUT2D eigenvalue weighted by Gasteiger charge is 2.30. The standard InChI is InChI=1S/C22H22ClNO3S2/c1-4-24-21(25)19(29-22(24)28)12-16-10-17(23)20(18(11-16)26-5-2)27-13-15-8-6-7-14(3)9-15/h6-12H,4-5,13H2,1-3H3/b19-12-. The molecule has 0 unspecified atom stereocenters. The summed E-state index contributed by atoms with van der Waals surface area (Å²) in [5, 5.41) is 0.431. The van der Waals surface area contributed by atoms with Gasteiger partial charge in [0.15, 0.2) is 11.5 Å². The van der Waals surface area contributed by atoms with Crippen molar-refractivity contribution in [3.05, 3.63) is 63.0 Å². The summed E-state index contributed by atoms with van der Waals surface area (Å²) in [6.45, 7) is 7.25. The number of hydrogen-bond donors (Lipinski definition) is 0. The summed E-state index contributed by atoms with van der Waals surface area (Å²) >= 11 is 13.1. The zero-order valence-electron chi connectivity index (χ0n) is 16.5. The van der Waals surface area contributed by atoms with Crippen molar-refractivity contribution >= 4 is 51.9 Å². The Morgan fingerprint density at radius 3 is 2.66 bits per heavy atom. The van der Waals surface area contributed by atoms with E-state index in [1.165, 1.54) is 17.3 Å². The monoisotopic (exact) mass is 447 g/mol. The van der Waals surface area contributed by atoms with Crippen LogP contribution in [-0.2, 0) is 11.4 Å². The quantitative estimate of drug-likeness (QED) is 0.393. The number of halogens is 1. The number of aryl methyl sites for hydroxylation is 1. The number of amides is 1. The van der Waals surface area contributed by atoms with E-state index < -0.39 is 0 Å². The second kappa shape index (κ2) is 9.65. The summed E-state index contributed by atoms with van der Waals surface area (Å²) in [4.78, 5) is 14.6. The molecule has 1 aliphatic heterocycles. The van der Waals surface area contributed by atoms with Crippen molar-refractivity contribution in [1.29, 1.82) is 0 Å². The highest BCUT2D eigenvalue weighted by Crippen LogP contribution is 2.39. The highest BCUT2D eigenvalue weighted by molar-refractivity contribution is 8.26. The van der Waals surface area contributed by atoms with Crippen LogP contribution in [-0.4, -0.2) is 28.3 Å². The summed E-state index contributed by atoms with van der Waals surface area (Å²) in [6.07, 6.45) is 1.79. The number of thiocarbonyl (C=S) groups is 1. The maximum absolute atomic E-state index is 12.5. The maximum Gasteiger partial charge on any atom is 0.266 e. The molecule has 0 atom stereocenters. The van der Waals surface area contributed by atoms with Crippen LogP contribution < -0.4 is 9.47 Å². The lowest BCUT2D eigenvalue weighted by Gasteiger charge is -2.15. The van der Waals surface area contributed by atoms with Crippen molar-refractivity contribution in [2.24, 2.45) is 0 Å². The third-order valence-corrected chi connectivity index (χ3v) is 5.94. The van der Waals surface area contributed by atoms with Crippen LogP contribution in [0.5, 0.6) is 11.5 Å². The summed E-state index contributed by atoms with van der Waals surface area (Å²) in [7, 11) is 0. The highest BCUT2D eigenvalue weighted by atomic mass is 35.5. The minimum absolute atomic E-state index is 0.0867. The van der Waals surface area contributed by atoms with Crippen LogP contribution >= 0.6 is 35.6 Å². The lowest BCUT2D eigenvalue weighted by atomic mass is 10.1. The third kappa shape index (κ3) is 5.13. The molecule has 1 aliphatic rings. The maximum atomic E-state index is 12.5. The summed E-state index contributed by atoms with van der Waals surface area (Å²) in [5.74, 6) is 0.953. The lowest BCUT2D eigenvalue weighted by molar-refractivity contribution is -0.121. The van der Waals surface area contributed by atoms with Crippen LogP contribution in [0.2, 0.25) is 5.02 Å². The van der Waals surface area contributed by atoms with E-state index in [1.54, 1.807) is 17.0 Å². The van der Waals surface area contributed by atoms with E-state index in [0.29, 0.717) is 45.5 Å². The van der Waals surface area contributed by atoms with Gasteiger partial charge >= 0.3 is 0 Å². The van der Waals surface area contributed by atoms with Crippen LogP contribution in [0.15, 0.2) is 41.3 Å². The van der Waals surface area contributed by atoms with Gasteiger partial charge in [0.05, 0.1) is 16.5 Å². The van der Waals surface area contributed by atoms with Gasteiger partial charge < -0.3 is 9.47 Å². The minimum atomic E-state index is -0.0867. The SMILES string of the molecule is CCOc1cc(/C=C2\SC(=S)N(CC)C2=O)cc(Cl)c1OCc1cccc(C)c1. The molecule has 2 aromatic rings. The Kier molecular flexibility index (Phi) is 7.22. The smallest absolute Gasteiger partial charge is 0.266 e. The fourth-order valence-electron chi connectivity index (χ4n) is 2.96. The molecule has 0 aliphatic carbocycles. The first-order chi connectivity index (χ1) is 13.9. The van der Waals surface area contributed by atoms with E-state index >= 15 is 0 Å². The number of likely N-dealkylation sites (N-methyl/N-ethyl adjacent to an activating group) is 1. The molecule has 0 spiro atoms. The zero-order chi connectivity index (χ0) is 21.0. The molecule has 1 amide bonds. The molecule has 4 nitrogen and oxygen atoms in total. The third-order valence-electron chi connectivity index (χ3n) is 4.28. The Morgan fingerprint density at radius 1 is 1.21 bits per heavy atom. The molecule has 3 rings (SSSR count). The first kappa shape index (κ1) is 21.7. The summed E-state index contributed by atoms with van der Waals surface area (Å²) < 4.78 is 12.3. The fourth-order valence-corrected chi connectivity index (χ4v) is 4.61. The predicted molar refractivity (Wildman–Crippen MR) is 124 cm³/mol. The van der Waals surface area contributed by atoms with Gasteiger partial charge in [0.25, 0.3) is 5.91 Å². The van der Waals surface area contributed by atoms with Gasteiger partial charge in [-0.15, -0.1) is 0 Å². The molecule has 2 aromatic carbocycles. The van der Waals surface area contributed by atoms with Gasteiger partial charge in [-0.1, -0.05) is 65.4 Å². The molecule has 0 saturated carbocycles. The normalized spacial score (nSPS) is 15.3. The van der Waals surface area contributed by atoms with Gasteiger partial charge in [-0.25, -0.2) is 0 Å². The van der Waals surface area contributed by atoms with Crippen LogP contribution in [0.25, 0.3) is 6.08 Å². The summed E-state index contributed by atoms with van der Waals surface area (Å²) in [6, 6.07) is 11.7. The second-order valence-corrected chi connectivity index (χ2v) is 8.55. The number of carbonyl (C=O) groups excluding carboxylic acids is 1. The number of benzene rings is 2. The molecule has 0 aromatic heterocycles. The molecule has 0 N–H and O–H groups in total. The average Bonchev–Trinajstić information content (AvgIpc) is 2.94. The Hall–Kier alpha value is -2.02. The van der Waals surface area contributed by atoms with Crippen LogP contribution in [0.3, 0.4) is 0 Å². The molecule has 1 heterocycles. The van der Waals surface area contributed by atoms with E-state index in [-0.39, 0.29) is 5.91 Å². The first-order valence-corrected chi connectivity index (χ1v) is 10.9. The first-order valence-electron chi connectivity index (χ1n) is 9.33. The Balaban J connectivity index is 1.87. The van der Waals surface area contributed by atoms with Crippen molar-refractivity contribution in [2.75, 3.05) is 13.2 Å². The van der Waals surface area contributed by atoms with E-state index in [2.05, 4.69) is 6.07 Å². The minimum Gasteiger partial charge on any atom is -0.490 e. The molecule has 152 valence electrons. The van der Waals surface area contributed by atoms with Gasteiger partial charge in [0.2, 0.25) is 0 Å². The molecule has 0 bridgehead atoms. The van der Waals surface area contributed by atoms with Gasteiger partial charge in [0, 0.05) is 6.54 Å². The van der Waals surface area contributed by atoms with Gasteiger partial charge in [-0.05, 0) is 50.1 Å². The number of rotatable bonds is 7. The molecule has 7 heteroatoms. The Labute approximate surface area is 185 Å².